The molecule has 0 amide bonds. The largest absolute Gasteiger partial charge is 0.334 e. The van der Waals surface area contributed by atoms with Crippen LogP contribution in [0.1, 0.15) is 45.4 Å². The van der Waals surface area contributed by atoms with Gasteiger partial charge in [-0.1, -0.05) is 13.3 Å². The van der Waals surface area contributed by atoms with Crippen LogP contribution < -0.4 is 5.32 Å². The first-order valence-corrected chi connectivity index (χ1v) is 8.59. The highest BCUT2D eigenvalue weighted by Crippen LogP contribution is 2.44. The van der Waals surface area contributed by atoms with Crippen LogP contribution in [-0.4, -0.2) is 45.7 Å². The van der Waals surface area contributed by atoms with E-state index in [9.17, 15) is 0 Å². The lowest BCUT2D eigenvalue weighted by Crippen LogP contribution is -2.64. The van der Waals surface area contributed by atoms with Gasteiger partial charge in [0.2, 0.25) is 0 Å². The molecule has 21 heavy (non-hydrogen) atoms. The van der Waals surface area contributed by atoms with Crippen LogP contribution in [0.3, 0.4) is 0 Å². The molecule has 0 aromatic carbocycles. The number of nitrogens with zero attached hydrogens (tertiary/aromatic N) is 3. The van der Waals surface area contributed by atoms with Crippen LogP contribution in [0.2, 0.25) is 0 Å². The van der Waals surface area contributed by atoms with E-state index in [1.165, 1.54) is 32.2 Å². The van der Waals surface area contributed by atoms with Crippen LogP contribution in [0.5, 0.6) is 0 Å². The minimum absolute atomic E-state index is 0.360. The third-order valence-corrected chi connectivity index (χ3v) is 5.54. The first-order valence-electron chi connectivity index (χ1n) is 8.59. The zero-order valence-electron chi connectivity index (χ0n) is 13.8. The highest BCUT2D eigenvalue weighted by Gasteiger charge is 2.47. The number of aromatic nitrogens is 2. The summed E-state index contributed by atoms with van der Waals surface area (Å²) in [7, 11) is 0. The van der Waals surface area contributed by atoms with Gasteiger partial charge in [0.15, 0.2) is 0 Å². The molecular weight excluding hydrogens is 260 g/mol. The van der Waals surface area contributed by atoms with Crippen LogP contribution in [0.25, 0.3) is 0 Å². The van der Waals surface area contributed by atoms with E-state index >= 15 is 0 Å². The average Bonchev–Trinajstić information content (AvgIpc) is 3.25. The monoisotopic (exact) mass is 290 g/mol. The Hall–Kier alpha value is -0.870. The summed E-state index contributed by atoms with van der Waals surface area (Å²) in [5, 5.41) is 3.81. The Morgan fingerprint density at radius 1 is 1.38 bits per heavy atom. The Labute approximate surface area is 128 Å². The molecule has 2 unspecified atom stereocenters. The predicted molar refractivity (Wildman–Crippen MR) is 86.4 cm³/mol. The maximum atomic E-state index is 4.34. The average molecular weight is 290 g/mol. The minimum atomic E-state index is 0.360. The summed E-state index contributed by atoms with van der Waals surface area (Å²) < 4.78 is 2.28. The van der Waals surface area contributed by atoms with Gasteiger partial charge in [-0.25, -0.2) is 4.98 Å². The Bertz CT molecular complexity index is 465. The molecule has 1 saturated carbocycles. The first kappa shape index (κ1) is 15.0. The summed E-state index contributed by atoms with van der Waals surface area (Å²) >= 11 is 0. The Balaban J connectivity index is 1.66. The molecule has 2 fully saturated rings. The lowest BCUT2D eigenvalue weighted by molar-refractivity contribution is 0.0301. The SMILES string of the molecule is CCCC1CN(CCn2ccnc2C)C(C)(C2CC2)CN1. The highest BCUT2D eigenvalue weighted by atomic mass is 15.3. The summed E-state index contributed by atoms with van der Waals surface area (Å²) in [4.78, 5) is 7.11. The minimum Gasteiger partial charge on any atom is -0.334 e. The number of hydrogen-bond donors (Lipinski definition) is 1. The number of aryl methyl sites for hydroxylation is 1. The molecule has 3 rings (SSSR count). The van der Waals surface area contributed by atoms with Crippen molar-refractivity contribution in [1.29, 1.82) is 0 Å². The zero-order valence-corrected chi connectivity index (χ0v) is 13.8. The van der Waals surface area contributed by atoms with Crippen LogP contribution >= 0.6 is 0 Å². The highest BCUT2D eigenvalue weighted by molar-refractivity contribution is 5.05. The maximum Gasteiger partial charge on any atom is 0.105 e. The van der Waals surface area contributed by atoms with E-state index in [0.29, 0.717) is 11.6 Å². The van der Waals surface area contributed by atoms with Crippen LogP contribution in [0.4, 0.5) is 0 Å². The van der Waals surface area contributed by atoms with E-state index in [1.807, 2.05) is 6.20 Å². The molecule has 1 aliphatic carbocycles. The van der Waals surface area contributed by atoms with Crippen molar-refractivity contribution in [2.45, 2.75) is 64.6 Å². The Morgan fingerprint density at radius 2 is 2.19 bits per heavy atom. The smallest absolute Gasteiger partial charge is 0.105 e. The lowest BCUT2D eigenvalue weighted by Gasteiger charge is -2.49. The molecule has 0 radical (unpaired) electrons. The van der Waals surface area contributed by atoms with Crippen LogP contribution in [0, 0.1) is 12.8 Å². The van der Waals surface area contributed by atoms with Crippen molar-refractivity contribution in [3.8, 4) is 0 Å². The summed E-state index contributed by atoms with van der Waals surface area (Å²) in [6.45, 7) is 11.4. The van der Waals surface area contributed by atoms with Gasteiger partial charge in [0.25, 0.3) is 0 Å². The molecule has 4 heteroatoms. The summed E-state index contributed by atoms with van der Waals surface area (Å²) in [5.74, 6) is 2.03. The number of piperazine rings is 1. The van der Waals surface area contributed by atoms with E-state index in [1.54, 1.807) is 0 Å². The van der Waals surface area contributed by atoms with E-state index in [2.05, 4.69) is 46.7 Å². The van der Waals surface area contributed by atoms with E-state index in [0.717, 1.165) is 31.4 Å². The number of nitrogens with one attached hydrogen (secondary N) is 1. The standard InChI is InChI=1S/C17H30N4/c1-4-5-16-12-21(11-10-20-9-8-18-14(20)2)17(3,13-19-16)15-6-7-15/h8-9,15-16,19H,4-7,10-13H2,1-3H3. The van der Waals surface area contributed by atoms with Gasteiger partial charge in [0.05, 0.1) is 0 Å². The summed E-state index contributed by atoms with van der Waals surface area (Å²) in [6, 6.07) is 0.672. The number of hydrogen-bond acceptors (Lipinski definition) is 3. The molecule has 2 heterocycles. The fourth-order valence-corrected chi connectivity index (χ4v) is 3.87. The molecule has 2 atom stereocenters. The second-order valence-electron chi connectivity index (χ2n) is 7.11. The number of imidazole rings is 1. The van der Waals surface area contributed by atoms with Crippen molar-refractivity contribution in [2.24, 2.45) is 5.92 Å². The van der Waals surface area contributed by atoms with Crippen molar-refractivity contribution in [3.63, 3.8) is 0 Å². The van der Waals surface area contributed by atoms with E-state index in [4.69, 9.17) is 0 Å². The molecule has 2 aliphatic rings. The van der Waals surface area contributed by atoms with Crippen LogP contribution in [-0.2, 0) is 6.54 Å². The van der Waals surface area contributed by atoms with Gasteiger partial charge in [-0.05, 0) is 39.0 Å². The molecule has 1 N–H and O–H groups in total. The molecule has 4 nitrogen and oxygen atoms in total. The van der Waals surface area contributed by atoms with Crippen molar-refractivity contribution in [1.82, 2.24) is 19.8 Å². The topological polar surface area (TPSA) is 33.1 Å². The van der Waals surface area contributed by atoms with Gasteiger partial charge >= 0.3 is 0 Å². The first-order chi connectivity index (χ1) is 10.1. The molecule has 0 bridgehead atoms. The van der Waals surface area contributed by atoms with Crippen molar-refractivity contribution in [2.75, 3.05) is 19.6 Å². The van der Waals surface area contributed by atoms with Crippen LogP contribution in [0.15, 0.2) is 12.4 Å². The van der Waals surface area contributed by atoms with Crippen molar-refractivity contribution < 1.29 is 0 Å². The molecule has 0 spiro atoms. The quantitative estimate of drug-likeness (QED) is 0.873. The Morgan fingerprint density at radius 3 is 2.81 bits per heavy atom. The van der Waals surface area contributed by atoms with E-state index in [-0.39, 0.29) is 0 Å². The fraction of sp³-hybridized carbons (Fsp3) is 0.824. The lowest BCUT2D eigenvalue weighted by atomic mass is 9.88. The maximum absolute atomic E-state index is 4.34. The second kappa shape index (κ2) is 6.09. The third-order valence-electron chi connectivity index (χ3n) is 5.54. The fourth-order valence-electron chi connectivity index (χ4n) is 3.87. The molecule has 1 saturated heterocycles. The normalized spacial score (nSPS) is 30.7. The second-order valence-corrected chi connectivity index (χ2v) is 7.11. The van der Waals surface area contributed by atoms with Crippen molar-refractivity contribution in [3.05, 3.63) is 18.2 Å². The van der Waals surface area contributed by atoms with Gasteiger partial charge in [0.1, 0.15) is 5.82 Å². The van der Waals surface area contributed by atoms with E-state index < -0.39 is 0 Å². The summed E-state index contributed by atoms with van der Waals surface area (Å²) in [6.07, 6.45) is 9.41. The molecule has 1 aromatic rings. The van der Waals surface area contributed by atoms with Gasteiger partial charge in [-0.2, -0.15) is 0 Å². The Kier molecular flexibility index (Phi) is 4.36. The molecule has 118 valence electrons. The predicted octanol–water partition coefficient (Wildman–Crippen LogP) is 2.43. The molecular formula is C17H30N4. The molecule has 1 aromatic heterocycles. The summed E-state index contributed by atoms with van der Waals surface area (Å²) in [5.41, 5.74) is 0.360. The zero-order chi connectivity index (χ0) is 14.9. The van der Waals surface area contributed by atoms with Gasteiger partial charge in [0, 0.05) is 50.2 Å². The van der Waals surface area contributed by atoms with Gasteiger partial charge < -0.3 is 9.88 Å². The number of rotatable bonds is 6. The van der Waals surface area contributed by atoms with Gasteiger partial charge in [-0.15, -0.1) is 0 Å². The van der Waals surface area contributed by atoms with Gasteiger partial charge in [-0.3, -0.25) is 4.90 Å². The molecule has 1 aliphatic heterocycles. The van der Waals surface area contributed by atoms with Crippen molar-refractivity contribution >= 4 is 0 Å². The third kappa shape index (κ3) is 3.16.